The highest BCUT2D eigenvalue weighted by Crippen LogP contribution is 2.21. The zero-order chi connectivity index (χ0) is 32.6. The van der Waals surface area contributed by atoms with Gasteiger partial charge in [-0.1, -0.05) is 100 Å². The molecular formula is C38H56O4S. The van der Waals surface area contributed by atoms with Gasteiger partial charge in [-0.15, -0.1) is 0 Å². The number of hydrogen-bond acceptors (Lipinski definition) is 5. The summed E-state index contributed by atoms with van der Waals surface area (Å²) in [5.41, 5.74) is 0. The van der Waals surface area contributed by atoms with Crippen LogP contribution in [-0.4, -0.2) is 40.6 Å². The normalized spacial score (nSPS) is 8.79. The van der Waals surface area contributed by atoms with Crippen molar-refractivity contribution in [2.45, 2.75) is 55.4 Å². The van der Waals surface area contributed by atoms with Crippen LogP contribution in [0.5, 0.6) is 11.5 Å². The second-order valence-corrected chi connectivity index (χ2v) is 8.65. The van der Waals surface area contributed by atoms with Crippen molar-refractivity contribution in [2.75, 3.05) is 40.6 Å². The molecule has 5 aromatic rings. The maximum Gasteiger partial charge on any atom is 0.119 e. The average Bonchev–Trinajstić information content (AvgIpc) is 3.68. The minimum atomic E-state index is 0.721. The van der Waals surface area contributed by atoms with Crippen LogP contribution >= 0.6 is 11.3 Å². The zero-order valence-electron chi connectivity index (χ0n) is 28.3. The first-order valence-corrected chi connectivity index (χ1v) is 16.3. The van der Waals surface area contributed by atoms with Crippen molar-refractivity contribution in [3.05, 3.63) is 108 Å². The molecule has 0 unspecified atom stereocenters. The third-order valence-corrected chi connectivity index (χ3v) is 5.70. The summed E-state index contributed by atoms with van der Waals surface area (Å²) in [6.45, 7) is 19.0. The summed E-state index contributed by atoms with van der Waals surface area (Å²) < 4.78 is 19.9. The number of hydrogen-bond donors (Lipinski definition) is 0. The molecule has 0 saturated carbocycles. The maximum atomic E-state index is 5.41. The predicted octanol–water partition coefficient (Wildman–Crippen LogP) is 11.6. The van der Waals surface area contributed by atoms with E-state index in [4.69, 9.17) is 9.47 Å². The Balaban J connectivity index is 0. The Kier molecular flexibility index (Phi) is 30.6. The first-order valence-electron chi connectivity index (χ1n) is 15.3. The number of fused-ring (bicyclic) bond motifs is 2. The Hall–Kier alpha value is -3.38. The van der Waals surface area contributed by atoms with E-state index in [0.29, 0.717) is 0 Å². The number of methoxy groups -OCH3 is 2. The number of benzene rings is 4. The van der Waals surface area contributed by atoms with Gasteiger partial charge in [-0.3, -0.25) is 0 Å². The largest absolute Gasteiger partial charge is 0.494 e. The minimum Gasteiger partial charge on any atom is -0.494 e. The summed E-state index contributed by atoms with van der Waals surface area (Å²) in [6, 6.07) is 32.9. The molecule has 0 aliphatic carbocycles. The third-order valence-electron chi connectivity index (χ3n) is 5.07. The summed E-state index contributed by atoms with van der Waals surface area (Å²) in [5, 5.41) is 9.05. The summed E-state index contributed by atoms with van der Waals surface area (Å²) >= 11 is 1.71. The molecule has 1 aromatic heterocycles. The molecule has 0 N–H and O–H groups in total. The summed E-state index contributed by atoms with van der Waals surface area (Å²) in [7, 11) is 3.36. The van der Waals surface area contributed by atoms with Crippen molar-refractivity contribution in [3.8, 4) is 11.5 Å². The van der Waals surface area contributed by atoms with Gasteiger partial charge in [-0.25, -0.2) is 0 Å². The van der Waals surface area contributed by atoms with E-state index in [1.165, 1.54) is 21.5 Å². The number of rotatable bonds is 6. The predicted molar refractivity (Wildman–Crippen MR) is 192 cm³/mol. The van der Waals surface area contributed by atoms with E-state index in [1.807, 2.05) is 115 Å². The molecule has 0 aliphatic rings. The van der Waals surface area contributed by atoms with Crippen molar-refractivity contribution in [1.82, 2.24) is 0 Å². The second kappa shape index (κ2) is 31.6. The molecule has 238 valence electrons. The van der Waals surface area contributed by atoms with Crippen LogP contribution in [0.2, 0.25) is 0 Å². The fourth-order valence-corrected chi connectivity index (χ4v) is 3.53. The third kappa shape index (κ3) is 21.0. The van der Waals surface area contributed by atoms with E-state index >= 15 is 0 Å². The molecule has 0 radical (unpaired) electrons. The minimum absolute atomic E-state index is 0.721. The van der Waals surface area contributed by atoms with Gasteiger partial charge in [0, 0.05) is 27.4 Å². The Morgan fingerprint density at radius 3 is 1.02 bits per heavy atom. The van der Waals surface area contributed by atoms with Crippen molar-refractivity contribution >= 4 is 32.9 Å². The molecular weight excluding hydrogens is 552 g/mol. The molecule has 0 saturated heterocycles. The monoisotopic (exact) mass is 608 g/mol. The van der Waals surface area contributed by atoms with E-state index in [9.17, 15) is 0 Å². The first kappa shape index (κ1) is 41.8. The van der Waals surface area contributed by atoms with Gasteiger partial charge >= 0.3 is 0 Å². The van der Waals surface area contributed by atoms with Crippen LogP contribution < -0.4 is 9.47 Å². The smallest absolute Gasteiger partial charge is 0.119 e. The summed E-state index contributed by atoms with van der Waals surface area (Å²) in [4.78, 5) is 0. The molecule has 0 spiro atoms. The summed E-state index contributed by atoms with van der Waals surface area (Å²) in [5.74, 6) is 1.89. The average molecular weight is 609 g/mol. The Morgan fingerprint density at radius 2 is 0.767 bits per heavy atom. The molecule has 5 heteroatoms. The highest BCUT2D eigenvalue weighted by Gasteiger charge is 1.95. The molecule has 0 fully saturated rings. The van der Waals surface area contributed by atoms with Crippen molar-refractivity contribution < 1.29 is 18.9 Å². The van der Waals surface area contributed by atoms with E-state index in [2.05, 4.69) is 58.0 Å². The van der Waals surface area contributed by atoms with Gasteiger partial charge in [0.1, 0.15) is 11.5 Å². The van der Waals surface area contributed by atoms with Crippen LogP contribution in [0.25, 0.3) is 21.5 Å². The van der Waals surface area contributed by atoms with Gasteiger partial charge in [-0.2, -0.15) is 11.3 Å². The zero-order valence-corrected chi connectivity index (χ0v) is 29.1. The molecule has 43 heavy (non-hydrogen) atoms. The lowest BCUT2D eigenvalue weighted by Crippen LogP contribution is -1.90. The standard InChI is InChI=1S/2C12H12O.C4H4S.2C3H8O.2C2H6/c2*1-2-13-12-8-7-10-5-3-4-6-11(10)9-12;1-2-4-5-3-1;2*1-3-4-2;2*1-2/h2*3-9H,2H2,1H3;1-4H;2*3H2,1-2H3;2*1-2H3. The van der Waals surface area contributed by atoms with Gasteiger partial charge in [0.15, 0.2) is 0 Å². The van der Waals surface area contributed by atoms with Gasteiger partial charge in [0.25, 0.3) is 0 Å². The van der Waals surface area contributed by atoms with Crippen LogP contribution in [0, 0.1) is 0 Å². The van der Waals surface area contributed by atoms with Gasteiger partial charge in [0.05, 0.1) is 13.2 Å². The van der Waals surface area contributed by atoms with Crippen LogP contribution in [0.4, 0.5) is 0 Å². The Labute approximate surface area is 266 Å². The van der Waals surface area contributed by atoms with Crippen LogP contribution in [0.1, 0.15) is 55.4 Å². The molecule has 0 amide bonds. The number of thiophene rings is 1. The Bertz CT molecular complexity index is 1130. The lowest BCUT2D eigenvalue weighted by Gasteiger charge is -2.03. The van der Waals surface area contributed by atoms with Gasteiger partial charge in [-0.05, 0) is 84.3 Å². The molecule has 4 aromatic carbocycles. The number of ether oxygens (including phenoxy) is 4. The van der Waals surface area contributed by atoms with Crippen LogP contribution in [0.3, 0.4) is 0 Å². The molecule has 1 heterocycles. The second-order valence-electron chi connectivity index (χ2n) is 7.83. The van der Waals surface area contributed by atoms with E-state index in [-0.39, 0.29) is 0 Å². The highest BCUT2D eigenvalue weighted by molar-refractivity contribution is 7.07. The van der Waals surface area contributed by atoms with E-state index in [0.717, 1.165) is 37.9 Å². The molecule has 0 aliphatic heterocycles. The summed E-state index contributed by atoms with van der Waals surface area (Å²) in [6.07, 6.45) is 0. The van der Waals surface area contributed by atoms with Crippen molar-refractivity contribution in [1.29, 1.82) is 0 Å². The highest BCUT2D eigenvalue weighted by atomic mass is 32.1. The Morgan fingerprint density at radius 1 is 0.442 bits per heavy atom. The van der Waals surface area contributed by atoms with E-state index < -0.39 is 0 Å². The van der Waals surface area contributed by atoms with Crippen LogP contribution in [0.15, 0.2) is 108 Å². The van der Waals surface area contributed by atoms with Gasteiger partial charge < -0.3 is 18.9 Å². The topological polar surface area (TPSA) is 36.9 Å². The molecule has 5 rings (SSSR count). The first-order chi connectivity index (χ1) is 21.1. The SMILES string of the molecule is CC.CC.CCOC.CCOC.CCOc1ccc2ccccc2c1.CCOc1ccc2ccccc2c1.c1ccsc1. The van der Waals surface area contributed by atoms with Crippen LogP contribution in [-0.2, 0) is 9.47 Å². The molecule has 0 atom stereocenters. The lowest BCUT2D eigenvalue weighted by molar-refractivity contribution is 0.215. The van der Waals surface area contributed by atoms with Crippen molar-refractivity contribution in [2.24, 2.45) is 0 Å². The fraction of sp³-hybridized carbons (Fsp3) is 0.368. The van der Waals surface area contributed by atoms with E-state index in [1.54, 1.807) is 25.6 Å². The maximum absolute atomic E-state index is 5.41. The lowest BCUT2D eigenvalue weighted by atomic mass is 10.1. The fourth-order valence-electron chi connectivity index (χ4n) is 3.07. The quantitative estimate of drug-likeness (QED) is 0.192. The molecule has 4 nitrogen and oxygen atoms in total. The van der Waals surface area contributed by atoms with Crippen molar-refractivity contribution in [3.63, 3.8) is 0 Å². The van der Waals surface area contributed by atoms with Gasteiger partial charge in [0.2, 0.25) is 0 Å². The molecule has 0 bridgehead atoms.